The molecule has 0 unspecified atom stereocenters. The van der Waals surface area contributed by atoms with Crippen LogP contribution < -0.4 is 65.1 Å². The first-order valence-electron chi connectivity index (χ1n) is 26.9. The Balaban J connectivity index is 2.30. The number of amides is 11. The standard InChI is InChI=1S/C53H85N13O15/c1-25(2)18-32(54)45(72)61-37(21-30-22-57-33-13-11-10-12-31(30)33)49(76)60-34(14-16-41(55)69)46(73)64-39(23-67)50(77)62-36(19-26(3)4)48(75)58-29(9)44(71)59-35(15-17-42(56)70)47(74)66-43(28(7)8)52(79)65-40(24-68)51(78)63-38(53(80)81)20-27(5)6/h10-13,22,25-29,32,34-40,43,57,67-68H,14-21,23-24,54H2,1-9H3,(H2,55,69)(H2,56,70)(H,58,75)(H,59,71)(H,60,76)(H,61,72)(H,62,77)(H,63,78)(H,64,73)(H,65,79)(H,66,74)(H,80,81)/t29-,32-,34-,35-,36-,37-,38-,39-,40-,43-/m0/s1. The second-order valence-corrected chi connectivity index (χ2v) is 21.7. The van der Waals surface area contributed by atoms with Gasteiger partial charge in [-0.15, -0.1) is 0 Å². The van der Waals surface area contributed by atoms with Gasteiger partial charge in [-0.3, -0.25) is 52.7 Å². The number of rotatable bonds is 36. The number of fused-ring (bicyclic) bond motifs is 1. The van der Waals surface area contributed by atoms with Crippen LogP contribution in [0.25, 0.3) is 10.9 Å². The van der Waals surface area contributed by atoms with Gasteiger partial charge in [-0.2, -0.15) is 0 Å². The van der Waals surface area contributed by atoms with Gasteiger partial charge >= 0.3 is 5.97 Å². The number of hydrogen-bond donors (Lipinski definition) is 16. The molecule has 0 saturated heterocycles. The molecular formula is C53H85N13O15. The van der Waals surface area contributed by atoms with Crippen molar-refractivity contribution in [2.24, 2.45) is 40.9 Å². The predicted molar refractivity (Wildman–Crippen MR) is 295 cm³/mol. The third-order valence-electron chi connectivity index (χ3n) is 12.7. The van der Waals surface area contributed by atoms with Crippen LogP contribution in [0.15, 0.2) is 30.5 Å². The topological polar surface area (TPSA) is 468 Å². The number of primary amides is 2. The van der Waals surface area contributed by atoms with Gasteiger partial charge in [0.25, 0.3) is 0 Å². The Morgan fingerprint density at radius 1 is 0.481 bits per heavy atom. The Hall–Kier alpha value is -7.72. The summed E-state index contributed by atoms with van der Waals surface area (Å²) in [5, 5.41) is 52.6. The number of carbonyl (C=O) groups excluding carboxylic acids is 11. The van der Waals surface area contributed by atoms with Crippen LogP contribution in [0, 0.1) is 23.7 Å². The van der Waals surface area contributed by atoms with Crippen LogP contribution in [0.2, 0.25) is 0 Å². The highest BCUT2D eigenvalue weighted by Crippen LogP contribution is 2.20. The first-order chi connectivity index (χ1) is 37.9. The average Bonchev–Trinajstić information content (AvgIpc) is 3.79. The monoisotopic (exact) mass is 1140 g/mol. The van der Waals surface area contributed by atoms with E-state index < -0.39 is 170 Å². The molecular weight excluding hydrogens is 1060 g/mol. The Kier molecular flexibility index (Phi) is 28.9. The van der Waals surface area contributed by atoms with Gasteiger partial charge in [0.2, 0.25) is 65.0 Å². The molecule has 0 radical (unpaired) electrons. The molecule has 81 heavy (non-hydrogen) atoms. The van der Waals surface area contributed by atoms with E-state index in [-0.39, 0.29) is 43.4 Å². The second kappa shape index (κ2) is 33.8. The van der Waals surface area contributed by atoms with Gasteiger partial charge in [0.1, 0.15) is 54.4 Å². The van der Waals surface area contributed by atoms with E-state index in [0.717, 1.165) is 10.9 Å². The summed E-state index contributed by atoms with van der Waals surface area (Å²) >= 11 is 0. The number of aromatic nitrogens is 1. The summed E-state index contributed by atoms with van der Waals surface area (Å²) in [5.74, 6) is -12.6. The fraction of sp³-hybridized carbons (Fsp3) is 0.623. The lowest BCUT2D eigenvalue weighted by Gasteiger charge is -2.28. The Morgan fingerprint density at radius 2 is 0.889 bits per heavy atom. The maximum absolute atomic E-state index is 14.1. The van der Waals surface area contributed by atoms with E-state index in [0.29, 0.717) is 12.0 Å². The molecule has 0 bridgehead atoms. The van der Waals surface area contributed by atoms with Gasteiger partial charge in [-0.05, 0) is 74.3 Å². The highest BCUT2D eigenvalue weighted by atomic mass is 16.4. The zero-order valence-electron chi connectivity index (χ0n) is 47.5. The van der Waals surface area contributed by atoms with Crippen LogP contribution in [-0.4, -0.2) is 165 Å². The van der Waals surface area contributed by atoms with Gasteiger partial charge in [-0.25, -0.2) is 4.79 Å². The van der Waals surface area contributed by atoms with Crippen LogP contribution in [-0.2, 0) is 64.0 Å². The normalized spacial score (nSPS) is 15.1. The van der Waals surface area contributed by atoms with Crippen LogP contribution in [0.3, 0.4) is 0 Å². The number of para-hydroxylation sites is 1. The van der Waals surface area contributed by atoms with Gasteiger partial charge in [0, 0.05) is 36.4 Å². The molecule has 0 aliphatic carbocycles. The summed E-state index contributed by atoms with van der Waals surface area (Å²) in [6.07, 6.45) is 0.241. The second-order valence-electron chi connectivity index (χ2n) is 21.7. The minimum Gasteiger partial charge on any atom is -0.480 e. The molecule has 0 fully saturated rings. The number of carboxylic acids is 1. The number of H-pyrrole nitrogens is 1. The fourth-order valence-corrected chi connectivity index (χ4v) is 8.33. The van der Waals surface area contributed by atoms with Crippen molar-refractivity contribution in [2.75, 3.05) is 13.2 Å². The van der Waals surface area contributed by atoms with E-state index in [9.17, 15) is 72.9 Å². The average molecular weight is 1140 g/mol. The van der Waals surface area contributed by atoms with Gasteiger partial charge in [0.05, 0.1) is 19.3 Å². The molecule has 0 aliphatic rings. The highest BCUT2D eigenvalue weighted by molar-refractivity contribution is 5.99. The van der Waals surface area contributed by atoms with E-state index in [1.807, 2.05) is 26.0 Å². The van der Waals surface area contributed by atoms with Crippen molar-refractivity contribution >= 4 is 81.9 Å². The maximum Gasteiger partial charge on any atom is 0.326 e. The molecule has 28 heteroatoms. The Bertz CT molecular complexity index is 2520. The molecule has 1 aromatic heterocycles. The number of aliphatic hydroxyl groups excluding tert-OH is 2. The lowest BCUT2D eigenvalue weighted by atomic mass is 10.0. The van der Waals surface area contributed by atoms with Gasteiger partial charge < -0.3 is 85.4 Å². The summed E-state index contributed by atoms with van der Waals surface area (Å²) in [6, 6.07) is -7.23. The number of nitrogens with two attached hydrogens (primary N) is 3. The molecule has 0 saturated carbocycles. The van der Waals surface area contributed by atoms with Crippen LogP contribution in [0.1, 0.15) is 113 Å². The number of aliphatic carboxylic acids is 1. The molecule has 0 aliphatic heterocycles. The molecule has 28 nitrogen and oxygen atoms in total. The van der Waals surface area contributed by atoms with Gasteiger partial charge in [0.15, 0.2) is 0 Å². The lowest BCUT2D eigenvalue weighted by molar-refractivity contribution is -0.143. The number of aliphatic hydroxyl groups is 2. The van der Waals surface area contributed by atoms with Crippen molar-refractivity contribution in [2.45, 2.75) is 174 Å². The van der Waals surface area contributed by atoms with E-state index in [4.69, 9.17) is 17.2 Å². The van der Waals surface area contributed by atoms with Crippen molar-refractivity contribution in [3.63, 3.8) is 0 Å². The fourth-order valence-electron chi connectivity index (χ4n) is 8.33. The maximum atomic E-state index is 14.1. The molecule has 2 aromatic rings. The number of nitrogens with one attached hydrogen (secondary N) is 10. The Labute approximate surface area is 470 Å². The molecule has 0 spiro atoms. The molecule has 1 heterocycles. The number of carbonyl (C=O) groups is 12. The summed E-state index contributed by atoms with van der Waals surface area (Å²) < 4.78 is 0. The highest BCUT2D eigenvalue weighted by Gasteiger charge is 2.36. The molecule has 11 amide bonds. The third-order valence-corrected chi connectivity index (χ3v) is 12.7. The van der Waals surface area contributed by atoms with Crippen molar-refractivity contribution in [3.05, 3.63) is 36.0 Å². The zero-order chi connectivity index (χ0) is 61.4. The van der Waals surface area contributed by atoms with E-state index in [1.54, 1.807) is 46.0 Å². The van der Waals surface area contributed by atoms with Crippen molar-refractivity contribution < 1.29 is 72.9 Å². The van der Waals surface area contributed by atoms with Crippen LogP contribution >= 0.6 is 0 Å². The van der Waals surface area contributed by atoms with Crippen LogP contribution in [0.5, 0.6) is 0 Å². The first-order valence-corrected chi connectivity index (χ1v) is 26.9. The Morgan fingerprint density at radius 3 is 1.38 bits per heavy atom. The number of hydrogen-bond acceptors (Lipinski definition) is 15. The molecule has 2 rings (SSSR count). The van der Waals surface area contributed by atoms with E-state index >= 15 is 0 Å². The summed E-state index contributed by atoms with van der Waals surface area (Å²) in [6.45, 7) is 12.9. The number of aromatic amines is 1. The minimum absolute atomic E-state index is 0.0330. The SMILES string of the molecule is CC(C)C[C@H](NC(=O)[C@H](CO)NC(=O)[C@@H](NC(=O)[C@H](CCC(N)=O)NC(=O)[C@H](C)NC(=O)[C@H](CC(C)C)NC(=O)[C@H](CO)NC(=O)[C@H](CCC(N)=O)NC(=O)[C@H](Cc1c[nH]c2ccccc12)NC(=O)[C@@H](N)CC(C)C)C(C)C)C(=O)O. The van der Waals surface area contributed by atoms with Crippen molar-refractivity contribution in [1.29, 1.82) is 0 Å². The van der Waals surface area contributed by atoms with E-state index in [1.165, 1.54) is 20.8 Å². The third kappa shape index (κ3) is 23.9. The van der Waals surface area contributed by atoms with Crippen LogP contribution in [0.4, 0.5) is 0 Å². The van der Waals surface area contributed by atoms with Crippen molar-refractivity contribution in [3.8, 4) is 0 Å². The largest absolute Gasteiger partial charge is 0.480 e. The van der Waals surface area contributed by atoms with Gasteiger partial charge in [-0.1, -0.05) is 73.6 Å². The molecule has 452 valence electrons. The van der Waals surface area contributed by atoms with E-state index in [2.05, 4.69) is 52.8 Å². The summed E-state index contributed by atoms with van der Waals surface area (Å²) in [5.41, 5.74) is 18.3. The van der Waals surface area contributed by atoms with Crippen molar-refractivity contribution in [1.82, 2.24) is 52.8 Å². The quantitative estimate of drug-likeness (QED) is 0.0320. The zero-order valence-corrected chi connectivity index (χ0v) is 47.5. The number of benzene rings is 1. The number of carboxylic acid groups (broad SMARTS) is 1. The molecule has 19 N–H and O–H groups in total. The predicted octanol–water partition coefficient (Wildman–Crippen LogP) is -3.18. The molecule has 1 aromatic carbocycles. The molecule has 10 atom stereocenters. The smallest absolute Gasteiger partial charge is 0.326 e. The lowest BCUT2D eigenvalue weighted by Crippen LogP contribution is -2.61. The summed E-state index contributed by atoms with van der Waals surface area (Å²) in [4.78, 5) is 162. The minimum atomic E-state index is -1.77. The summed E-state index contributed by atoms with van der Waals surface area (Å²) in [7, 11) is 0. The first kappa shape index (κ1) is 69.4.